The van der Waals surface area contributed by atoms with E-state index in [1.54, 1.807) is 18.4 Å². The van der Waals surface area contributed by atoms with Crippen LogP contribution in [0.3, 0.4) is 0 Å². The van der Waals surface area contributed by atoms with Gasteiger partial charge >= 0.3 is 0 Å². The fourth-order valence-electron chi connectivity index (χ4n) is 2.26. The highest BCUT2D eigenvalue weighted by atomic mass is 32.1. The molecular weight excluding hydrogens is 242 g/mol. The van der Waals surface area contributed by atoms with Gasteiger partial charge in [0.25, 0.3) is 0 Å². The third-order valence-electron chi connectivity index (χ3n) is 3.24. The largest absolute Gasteiger partial charge is 0.496 e. The van der Waals surface area contributed by atoms with Crippen LogP contribution in [0, 0.1) is 0 Å². The molecule has 0 saturated heterocycles. The summed E-state index contributed by atoms with van der Waals surface area (Å²) in [6.45, 7) is 5.45. The predicted molar refractivity (Wildman–Crippen MR) is 80.7 cm³/mol. The van der Waals surface area contributed by atoms with Gasteiger partial charge in [0.1, 0.15) is 5.75 Å². The van der Waals surface area contributed by atoms with Gasteiger partial charge in [-0.15, -0.1) is 11.3 Å². The van der Waals surface area contributed by atoms with Crippen LogP contribution >= 0.6 is 11.3 Å². The maximum Gasteiger partial charge on any atom is 0.134 e. The van der Waals surface area contributed by atoms with E-state index in [1.807, 2.05) is 0 Å². The number of thiophene rings is 1. The second-order valence-corrected chi connectivity index (χ2v) is 5.61. The Labute approximate surface area is 116 Å². The molecule has 1 rings (SSSR count). The molecule has 18 heavy (non-hydrogen) atoms. The Morgan fingerprint density at radius 3 is 2.67 bits per heavy atom. The summed E-state index contributed by atoms with van der Waals surface area (Å²) in [5.74, 6) is 1.04. The summed E-state index contributed by atoms with van der Waals surface area (Å²) in [4.78, 5) is 1.36. The van der Waals surface area contributed by atoms with Gasteiger partial charge in [-0.25, -0.2) is 0 Å². The molecule has 104 valence electrons. The lowest BCUT2D eigenvalue weighted by Gasteiger charge is -2.17. The van der Waals surface area contributed by atoms with Crippen LogP contribution in [0.25, 0.3) is 0 Å². The van der Waals surface area contributed by atoms with Gasteiger partial charge in [-0.3, -0.25) is 0 Å². The predicted octanol–water partition coefficient (Wildman–Crippen LogP) is 4.77. The molecule has 2 nitrogen and oxygen atoms in total. The summed E-state index contributed by atoms with van der Waals surface area (Å²) >= 11 is 1.80. The van der Waals surface area contributed by atoms with Crippen LogP contribution in [0.15, 0.2) is 11.4 Å². The molecule has 0 bridgehead atoms. The first kappa shape index (κ1) is 15.5. The van der Waals surface area contributed by atoms with Crippen molar-refractivity contribution in [1.29, 1.82) is 0 Å². The lowest BCUT2D eigenvalue weighted by atomic mass is 10.0. The molecule has 1 aromatic rings. The molecule has 1 heterocycles. The van der Waals surface area contributed by atoms with E-state index in [2.05, 4.69) is 30.6 Å². The maximum absolute atomic E-state index is 5.43. The minimum Gasteiger partial charge on any atom is -0.496 e. The zero-order valence-corrected chi connectivity index (χ0v) is 12.8. The smallest absolute Gasteiger partial charge is 0.134 e. The minimum atomic E-state index is 0.464. The van der Waals surface area contributed by atoms with Gasteiger partial charge in [0, 0.05) is 6.04 Å². The zero-order chi connectivity index (χ0) is 13.2. The topological polar surface area (TPSA) is 21.3 Å². The molecule has 0 spiro atoms. The molecule has 0 aliphatic heterocycles. The summed E-state index contributed by atoms with van der Waals surface area (Å²) < 4.78 is 5.43. The average Bonchev–Trinajstić information content (AvgIpc) is 2.85. The van der Waals surface area contributed by atoms with Crippen LogP contribution in [-0.2, 0) is 0 Å². The Morgan fingerprint density at radius 1 is 1.22 bits per heavy atom. The molecule has 0 saturated carbocycles. The number of hydrogen-bond donors (Lipinski definition) is 1. The Kier molecular flexibility index (Phi) is 8.10. The van der Waals surface area contributed by atoms with E-state index in [0.29, 0.717) is 6.04 Å². The number of methoxy groups -OCH3 is 1. The van der Waals surface area contributed by atoms with Crippen LogP contribution in [0.1, 0.15) is 63.3 Å². The molecule has 0 aromatic carbocycles. The third kappa shape index (κ3) is 4.99. The van der Waals surface area contributed by atoms with Gasteiger partial charge in [-0.1, -0.05) is 46.0 Å². The summed E-state index contributed by atoms with van der Waals surface area (Å²) in [6, 6.07) is 2.54. The Morgan fingerprint density at radius 2 is 2.00 bits per heavy atom. The van der Waals surface area contributed by atoms with Gasteiger partial charge in [0.05, 0.1) is 12.0 Å². The highest BCUT2D eigenvalue weighted by Gasteiger charge is 2.16. The minimum absolute atomic E-state index is 0.464. The van der Waals surface area contributed by atoms with Crippen molar-refractivity contribution in [2.45, 2.75) is 58.4 Å². The SMILES string of the molecule is CCCCCCCC(NCC)c1sccc1OC. The lowest BCUT2D eigenvalue weighted by molar-refractivity contribution is 0.398. The van der Waals surface area contributed by atoms with Crippen molar-refractivity contribution in [2.24, 2.45) is 0 Å². The third-order valence-corrected chi connectivity index (χ3v) is 4.25. The standard InChI is InChI=1S/C15H27NOS/c1-4-6-7-8-9-10-13(16-5-2)15-14(17-3)11-12-18-15/h11-13,16H,4-10H2,1-3H3. The first-order valence-corrected chi connectivity index (χ1v) is 8.06. The van der Waals surface area contributed by atoms with E-state index in [9.17, 15) is 0 Å². The van der Waals surface area contributed by atoms with E-state index in [0.717, 1.165) is 12.3 Å². The monoisotopic (exact) mass is 269 g/mol. The normalized spacial score (nSPS) is 12.6. The molecule has 0 aliphatic carbocycles. The van der Waals surface area contributed by atoms with Crippen molar-refractivity contribution in [3.05, 3.63) is 16.3 Å². The van der Waals surface area contributed by atoms with Crippen molar-refractivity contribution >= 4 is 11.3 Å². The first-order valence-electron chi connectivity index (χ1n) is 7.18. The molecule has 0 aliphatic rings. The number of hydrogen-bond acceptors (Lipinski definition) is 3. The fraction of sp³-hybridized carbons (Fsp3) is 0.733. The molecule has 1 unspecified atom stereocenters. The Balaban J connectivity index is 2.44. The van der Waals surface area contributed by atoms with Crippen LogP contribution in [-0.4, -0.2) is 13.7 Å². The second kappa shape index (κ2) is 9.40. The van der Waals surface area contributed by atoms with Crippen molar-refractivity contribution in [3.63, 3.8) is 0 Å². The van der Waals surface area contributed by atoms with Crippen LogP contribution < -0.4 is 10.1 Å². The molecule has 1 N–H and O–H groups in total. The quantitative estimate of drug-likeness (QED) is 0.618. The summed E-state index contributed by atoms with van der Waals surface area (Å²) in [7, 11) is 1.76. The molecule has 1 aromatic heterocycles. The van der Waals surface area contributed by atoms with E-state index in [-0.39, 0.29) is 0 Å². The van der Waals surface area contributed by atoms with Crippen molar-refractivity contribution in [1.82, 2.24) is 5.32 Å². The average molecular weight is 269 g/mol. The van der Waals surface area contributed by atoms with Crippen LogP contribution in [0.2, 0.25) is 0 Å². The first-order chi connectivity index (χ1) is 8.83. The molecular formula is C15H27NOS. The van der Waals surface area contributed by atoms with Crippen LogP contribution in [0.5, 0.6) is 5.75 Å². The summed E-state index contributed by atoms with van der Waals surface area (Å²) in [5, 5.41) is 5.70. The van der Waals surface area contributed by atoms with Gasteiger partial charge in [0.15, 0.2) is 0 Å². The molecule has 0 radical (unpaired) electrons. The Bertz CT molecular complexity index is 311. The maximum atomic E-state index is 5.43. The zero-order valence-electron chi connectivity index (χ0n) is 12.0. The van der Waals surface area contributed by atoms with Gasteiger partial charge in [-0.05, 0) is 24.4 Å². The molecule has 1 atom stereocenters. The van der Waals surface area contributed by atoms with E-state index < -0.39 is 0 Å². The van der Waals surface area contributed by atoms with E-state index in [4.69, 9.17) is 4.74 Å². The number of unbranched alkanes of at least 4 members (excludes halogenated alkanes) is 4. The van der Waals surface area contributed by atoms with Crippen molar-refractivity contribution in [2.75, 3.05) is 13.7 Å². The number of ether oxygens (including phenoxy) is 1. The molecule has 0 amide bonds. The Hall–Kier alpha value is -0.540. The fourth-order valence-corrected chi connectivity index (χ4v) is 3.23. The molecule has 3 heteroatoms. The van der Waals surface area contributed by atoms with E-state index >= 15 is 0 Å². The van der Waals surface area contributed by atoms with Crippen molar-refractivity contribution in [3.8, 4) is 5.75 Å². The van der Waals surface area contributed by atoms with Gasteiger partial charge < -0.3 is 10.1 Å². The number of rotatable bonds is 10. The van der Waals surface area contributed by atoms with Crippen LogP contribution in [0.4, 0.5) is 0 Å². The van der Waals surface area contributed by atoms with Gasteiger partial charge in [-0.2, -0.15) is 0 Å². The lowest BCUT2D eigenvalue weighted by Crippen LogP contribution is -2.20. The summed E-state index contributed by atoms with van der Waals surface area (Å²) in [5.41, 5.74) is 0. The second-order valence-electron chi connectivity index (χ2n) is 4.67. The molecule has 0 fully saturated rings. The van der Waals surface area contributed by atoms with E-state index in [1.165, 1.54) is 43.4 Å². The van der Waals surface area contributed by atoms with Crippen molar-refractivity contribution < 1.29 is 4.74 Å². The highest BCUT2D eigenvalue weighted by molar-refractivity contribution is 7.10. The van der Waals surface area contributed by atoms with Gasteiger partial charge in [0.2, 0.25) is 0 Å². The highest BCUT2D eigenvalue weighted by Crippen LogP contribution is 2.33. The number of nitrogens with one attached hydrogen (secondary N) is 1. The summed E-state index contributed by atoms with van der Waals surface area (Å²) in [6.07, 6.45) is 7.93.